The van der Waals surface area contributed by atoms with E-state index in [1.54, 1.807) is 0 Å². The molecule has 2 aromatic heterocycles. The first-order chi connectivity index (χ1) is 13.6. The molecule has 9 heteroatoms. The van der Waals surface area contributed by atoms with Crippen LogP contribution in [-0.2, 0) is 0 Å². The van der Waals surface area contributed by atoms with E-state index in [1.165, 1.54) is 12.4 Å². The Balaban J connectivity index is 1.58. The summed E-state index contributed by atoms with van der Waals surface area (Å²) in [5, 5.41) is 10.0. The second-order valence-corrected chi connectivity index (χ2v) is 6.46. The Hall–Kier alpha value is -3.36. The van der Waals surface area contributed by atoms with Crippen LogP contribution in [0.4, 0.5) is 26.5 Å². The molecule has 1 fully saturated rings. The average molecular weight is 383 g/mol. The number of anilines is 3. The quantitative estimate of drug-likeness (QED) is 0.693. The Bertz CT molecular complexity index is 1000. The van der Waals surface area contributed by atoms with Crippen molar-refractivity contribution in [3.63, 3.8) is 0 Å². The van der Waals surface area contributed by atoms with Crippen LogP contribution in [0, 0.1) is 11.6 Å². The first-order valence-corrected chi connectivity index (χ1v) is 9.00. The molecule has 2 N–H and O–H groups in total. The van der Waals surface area contributed by atoms with E-state index in [0.717, 1.165) is 24.2 Å². The molecule has 4 rings (SSSR count). The second kappa shape index (κ2) is 7.71. The zero-order chi connectivity index (χ0) is 19.5. The normalized spacial score (nSPS) is 16.8. The van der Waals surface area contributed by atoms with E-state index >= 15 is 0 Å². The van der Waals surface area contributed by atoms with Crippen molar-refractivity contribution < 1.29 is 8.78 Å². The van der Waals surface area contributed by atoms with Gasteiger partial charge < -0.3 is 10.2 Å². The number of H-pyrrole nitrogens is 1. The number of benzene rings is 1. The Kier molecular flexibility index (Phi) is 4.96. The smallest absolute Gasteiger partial charge is 0.233 e. The molecule has 1 aliphatic rings. The molecular weight excluding hydrogens is 364 g/mol. The van der Waals surface area contributed by atoms with Crippen LogP contribution >= 0.6 is 0 Å². The van der Waals surface area contributed by atoms with Gasteiger partial charge in [0.25, 0.3) is 0 Å². The van der Waals surface area contributed by atoms with Gasteiger partial charge in [-0.05, 0) is 44.0 Å². The highest BCUT2D eigenvalue weighted by Gasteiger charge is 2.30. The van der Waals surface area contributed by atoms with Crippen LogP contribution in [-0.4, -0.2) is 31.7 Å². The van der Waals surface area contributed by atoms with Crippen LogP contribution in [0.1, 0.15) is 37.1 Å². The molecule has 0 bridgehead atoms. The van der Waals surface area contributed by atoms with Crippen molar-refractivity contribution in [1.82, 2.24) is 25.1 Å². The molecular formula is C19H19F2N7. The molecule has 28 heavy (non-hydrogen) atoms. The molecule has 3 heterocycles. The van der Waals surface area contributed by atoms with Gasteiger partial charge in [0.2, 0.25) is 11.9 Å². The Morgan fingerprint density at radius 3 is 3.00 bits per heavy atom. The lowest BCUT2D eigenvalue weighted by Gasteiger charge is -2.25. The van der Waals surface area contributed by atoms with E-state index < -0.39 is 11.6 Å². The molecule has 7 nitrogen and oxygen atoms in total. The molecule has 1 aromatic carbocycles. The third kappa shape index (κ3) is 3.68. The van der Waals surface area contributed by atoms with Gasteiger partial charge in [0, 0.05) is 18.2 Å². The Morgan fingerprint density at radius 1 is 1.25 bits per heavy atom. The molecule has 0 spiro atoms. The number of nitrogens with one attached hydrogen (secondary N) is 2. The lowest BCUT2D eigenvalue weighted by atomic mass is 10.0. The summed E-state index contributed by atoms with van der Waals surface area (Å²) in [7, 11) is 0. The summed E-state index contributed by atoms with van der Waals surface area (Å²) in [5.74, 6) is 0.414. The highest BCUT2D eigenvalue weighted by atomic mass is 19.1. The van der Waals surface area contributed by atoms with Gasteiger partial charge in [0.1, 0.15) is 18.0 Å². The van der Waals surface area contributed by atoms with E-state index in [4.69, 9.17) is 0 Å². The van der Waals surface area contributed by atoms with Gasteiger partial charge >= 0.3 is 0 Å². The maximum absolute atomic E-state index is 14.3. The third-order valence-electron chi connectivity index (χ3n) is 4.57. The number of hydrogen-bond acceptors (Lipinski definition) is 6. The van der Waals surface area contributed by atoms with E-state index in [-0.39, 0.29) is 6.04 Å². The van der Waals surface area contributed by atoms with Crippen molar-refractivity contribution in [2.24, 2.45) is 0 Å². The van der Waals surface area contributed by atoms with Gasteiger partial charge in [-0.1, -0.05) is 6.08 Å². The van der Waals surface area contributed by atoms with Crippen LogP contribution in [0.3, 0.4) is 0 Å². The monoisotopic (exact) mass is 383 g/mol. The summed E-state index contributed by atoms with van der Waals surface area (Å²) in [6.45, 7) is 2.57. The maximum Gasteiger partial charge on any atom is 0.233 e. The van der Waals surface area contributed by atoms with Gasteiger partial charge in [0.05, 0.1) is 11.7 Å². The number of allylic oxidation sites excluding steroid dienone is 1. The fraction of sp³-hybridized carbons (Fsp3) is 0.263. The minimum atomic E-state index is -0.461. The molecule has 1 atom stereocenters. The molecule has 0 aliphatic carbocycles. The van der Waals surface area contributed by atoms with Crippen LogP contribution in [0.15, 0.2) is 36.7 Å². The highest BCUT2D eigenvalue weighted by Crippen LogP contribution is 2.36. The highest BCUT2D eigenvalue weighted by molar-refractivity contribution is 5.55. The molecule has 0 unspecified atom stereocenters. The lowest BCUT2D eigenvalue weighted by Crippen LogP contribution is -2.25. The topological polar surface area (TPSA) is 82.6 Å². The summed E-state index contributed by atoms with van der Waals surface area (Å²) < 4.78 is 27.9. The van der Waals surface area contributed by atoms with Crippen molar-refractivity contribution in [2.75, 3.05) is 16.8 Å². The standard InChI is InChI=1S/C19H19F2N7/c1-2-4-13-10-17(27-26-13)24-18-22-11-23-19(25-18)28-8-3-5-16(28)14-9-12(20)6-7-15(14)21/h2,4,6-7,9-11,16H,3,5,8H2,1H3,(H2,22,23,24,25,26,27)/b4-2+/t16-/m1/s1. The number of rotatable bonds is 5. The first-order valence-electron chi connectivity index (χ1n) is 9.00. The van der Waals surface area contributed by atoms with E-state index in [9.17, 15) is 8.78 Å². The third-order valence-corrected chi connectivity index (χ3v) is 4.57. The summed E-state index contributed by atoms with van der Waals surface area (Å²) in [6, 6.07) is 5.02. The predicted octanol–water partition coefficient (Wildman–Crippen LogP) is 3.99. The molecule has 144 valence electrons. The van der Waals surface area contributed by atoms with Crippen molar-refractivity contribution in [2.45, 2.75) is 25.8 Å². The number of aromatic amines is 1. The summed E-state index contributed by atoms with van der Waals surface area (Å²) >= 11 is 0. The van der Waals surface area contributed by atoms with Gasteiger partial charge in [-0.3, -0.25) is 5.10 Å². The number of nitrogens with zero attached hydrogens (tertiary/aromatic N) is 5. The van der Waals surface area contributed by atoms with Gasteiger partial charge in [-0.25, -0.2) is 18.7 Å². The molecule has 0 saturated carbocycles. The number of halogens is 2. The van der Waals surface area contributed by atoms with Gasteiger partial charge in [-0.15, -0.1) is 0 Å². The number of hydrogen-bond donors (Lipinski definition) is 2. The zero-order valence-corrected chi connectivity index (χ0v) is 15.2. The number of aromatic nitrogens is 5. The van der Waals surface area contributed by atoms with E-state index in [0.29, 0.717) is 36.2 Å². The maximum atomic E-state index is 14.3. The minimum Gasteiger partial charge on any atom is -0.334 e. The lowest BCUT2D eigenvalue weighted by molar-refractivity contribution is 0.559. The minimum absolute atomic E-state index is 0.315. The van der Waals surface area contributed by atoms with Crippen molar-refractivity contribution in [3.8, 4) is 0 Å². The van der Waals surface area contributed by atoms with E-state index in [1.807, 2.05) is 30.0 Å². The Labute approximate surface area is 160 Å². The Morgan fingerprint density at radius 2 is 2.14 bits per heavy atom. The van der Waals surface area contributed by atoms with Crippen LogP contribution in [0.5, 0.6) is 0 Å². The zero-order valence-electron chi connectivity index (χ0n) is 15.2. The summed E-state index contributed by atoms with van der Waals surface area (Å²) in [5.41, 5.74) is 1.16. The van der Waals surface area contributed by atoms with Crippen LogP contribution in [0.25, 0.3) is 6.08 Å². The fourth-order valence-corrected chi connectivity index (χ4v) is 3.37. The molecule has 1 saturated heterocycles. The average Bonchev–Trinajstić information content (AvgIpc) is 3.34. The fourth-order valence-electron chi connectivity index (χ4n) is 3.37. The first kappa shape index (κ1) is 18.0. The largest absolute Gasteiger partial charge is 0.334 e. The SMILES string of the molecule is C/C=C/c1cc(Nc2ncnc(N3CCC[C@@H]3c3cc(F)ccc3F)n2)n[nH]1. The van der Waals surface area contributed by atoms with Crippen molar-refractivity contribution in [3.05, 3.63) is 59.6 Å². The molecule has 0 amide bonds. The van der Waals surface area contributed by atoms with Crippen LogP contribution in [0.2, 0.25) is 0 Å². The van der Waals surface area contributed by atoms with Gasteiger partial charge in [-0.2, -0.15) is 10.1 Å². The molecule has 0 radical (unpaired) electrons. The predicted molar refractivity (Wildman–Crippen MR) is 102 cm³/mol. The van der Waals surface area contributed by atoms with Gasteiger partial charge in [0.15, 0.2) is 5.82 Å². The molecule has 3 aromatic rings. The summed E-state index contributed by atoms with van der Waals surface area (Å²) in [6.07, 6.45) is 6.71. The van der Waals surface area contributed by atoms with Crippen molar-refractivity contribution in [1.29, 1.82) is 0 Å². The summed E-state index contributed by atoms with van der Waals surface area (Å²) in [4.78, 5) is 14.7. The van der Waals surface area contributed by atoms with E-state index in [2.05, 4.69) is 30.5 Å². The molecule has 1 aliphatic heterocycles. The van der Waals surface area contributed by atoms with Crippen LogP contribution < -0.4 is 10.2 Å². The van der Waals surface area contributed by atoms with Crippen molar-refractivity contribution >= 4 is 23.8 Å². The second-order valence-electron chi connectivity index (χ2n) is 6.46.